The number of alkyl halides is 2. The number of hydrogen-bond donors (Lipinski definition) is 1. The van der Waals surface area contributed by atoms with Gasteiger partial charge in [0.25, 0.3) is 5.91 Å². The van der Waals surface area contributed by atoms with Gasteiger partial charge in [0.2, 0.25) is 0 Å². The van der Waals surface area contributed by atoms with E-state index >= 15 is 0 Å². The first-order chi connectivity index (χ1) is 9.78. The Hall–Kier alpha value is -1.46. The summed E-state index contributed by atoms with van der Waals surface area (Å²) in [5.41, 5.74) is -0.385. The van der Waals surface area contributed by atoms with E-state index in [2.05, 4.69) is 5.32 Å². The third kappa shape index (κ3) is 3.41. The number of carbonyl (C=O) groups excluding carboxylic acids is 2. The van der Waals surface area contributed by atoms with Crippen molar-refractivity contribution in [3.8, 4) is 5.75 Å². The van der Waals surface area contributed by atoms with E-state index in [0.717, 1.165) is 0 Å². The average molecular weight is 332 g/mol. The second-order valence-electron chi connectivity index (χ2n) is 5.07. The number of rotatable bonds is 5. The van der Waals surface area contributed by atoms with E-state index in [9.17, 15) is 9.59 Å². The van der Waals surface area contributed by atoms with Crippen LogP contribution in [0.15, 0.2) is 24.3 Å². The van der Waals surface area contributed by atoms with Crippen molar-refractivity contribution in [1.82, 2.24) is 0 Å². The summed E-state index contributed by atoms with van der Waals surface area (Å²) in [5.74, 6) is -0.409. The van der Waals surface area contributed by atoms with Crippen LogP contribution in [0.1, 0.15) is 13.3 Å². The van der Waals surface area contributed by atoms with Gasteiger partial charge in [-0.25, -0.2) is 0 Å². The van der Waals surface area contributed by atoms with Gasteiger partial charge in [-0.3, -0.25) is 9.59 Å². The highest BCUT2D eigenvalue weighted by molar-refractivity contribution is 6.53. The topological polar surface area (TPSA) is 64.6 Å². The third-order valence-electron chi connectivity index (χ3n) is 3.40. The molecule has 0 saturated heterocycles. The zero-order valence-electron chi connectivity index (χ0n) is 11.6. The van der Waals surface area contributed by atoms with Crippen LogP contribution in [0.4, 0.5) is 5.69 Å². The standard InChI is InChI=1S/C14H15Cl2NO4/c1-13(8-14(13,15)16)12(19)21-7-11(18)17-9-4-3-5-10(6-9)20-2/h3-6H,7-8H2,1-2H3,(H,17,18)/t13-/m1/s1. The normalized spacial score (nSPS) is 22.3. The molecule has 0 aliphatic heterocycles. The summed E-state index contributed by atoms with van der Waals surface area (Å²) in [7, 11) is 1.53. The van der Waals surface area contributed by atoms with Crippen LogP contribution in [-0.2, 0) is 14.3 Å². The maximum absolute atomic E-state index is 11.8. The van der Waals surface area contributed by atoms with Gasteiger partial charge in [0.05, 0.1) is 7.11 Å². The first kappa shape index (κ1) is 15.9. The Kier molecular flexibility index (Phi) is 4.35. The Labute approximate surface area is 132 Å². The number of esters is 1. The molecule has 0 unspecified atom stereocenters. The molecule has 1 amide bonds. The molecule has 2 rings (SSSR count). The molecule has 0 radical (unpaired) electrons. The Bertz CT molecular complexity index is 576. The van der Waals surface area contributed by atoms with Gasteiger partial charge >= 0.3 is 5.97 Å². The van der Waals surface area contributed by atoms with Crippen LogP contribution in [0.5, 0.6) is 5.75 Å². The van der Waals surface area contributed by atoms with Crippen LogP contribution in [0.25, 0.3) is 0 Å². The van der Waals surface area contributed by atoms with Crippen LogP contribution < -0.4 is 10.1 Å². The van der Waals surface area contributed by atoms with Gasteiger partial charge < -0.3 is 14.8 Å². The lowest BCUT2D eigenvalue weighted by Gasteiger charge is -2.12. The van der Waals surface area contributed by atoms with E-state index < -0.39 is 28.2 Å². The largest absolute Gasteiger partial charge is 0.497 e. The van der Waals surface area contributed by atoms with Crippen LogP contribution in [0.2, 0.25) is 0 Å². The Morgan fingerprint density at radius 3 is 2.62 bits per heavy atom. The van der Waals surface area contributed by atoms with Crippen molar-refractivity contribution in [3.63, 3.8) is 0 Å². The molecular weight excluding hydrogens is 317 g/mol. The quantitative estimate of drug-likeness (QED) is 0.665. The summed E-state index contributed by atoms with van der Waals surface area (Å²) in [6.45, 7) is 1.21. The first-order valence-corrected chi connectivity index (χ1v) is 7.03. The molecule has 7 heteroatoms. The minimum Gasteiger partial charge on any atom is -0.497 e. The summed E-state index contributed by atoms with van der Waals surface area (Å²) in [5, 5.41) is 2.60. The van der Waals surface area contributed by atoms with Gasteiger partial charge in [-0.15, -0.1) is 23.2 Å². The van der Waals surface area contributed by atoms with Crippen LogP contribution >= 0.6 is 23.2 Å². The van der Waals surface area contributed by atoms with Gasteiger partial charge in [-0.2, -0.15) is 0 Å². The number of hydrogen-bond acceptors (Lipinski definition) is 4. The molecule has 114 valence electrons. The Morgan fingerprint density at radius 1 is 1.38 bits per heavy atom. The lowest BCUT2D eigenvalue weighted by Crippen LogP contribution is -2.26. The highest BCUT2D eigenvalue weighted by Gasteiger charge is 2.69. The molecular formula is C14H15Cl2NO4. The molecule has 0 aromatic heterocycles. The van der Waals surface area contributed by atoms with Crippen LogP contribution in [-0.4, -0.2) is 29.9 Å². The summed E-state index contributed by atoms with van der Waals surface area (Å²) in [6.07, 6.45) is 0.319. The van der Waals surface area contributed by atoms with Crippen LogP contribution in [0.3, 0.4) is 0 Å². The number of ether oxygens (including phenoxy) is 2. The maximum Gasteiger partial charge on any atom is 0.315 e. The maximum atomic E-state index is 11.8. The van der Waals surface area contributed by atoms with E-state index in [1.54, 1.807) is 31.2 Å². The molecule has 1 atom stereocenters. The SMILES string of the molecule is COc1cccc(NC(=O)COC(=O)[C@@]2(C)CC2(Cl)Cl)c1. The Morgan fingerprint density at radius 2 is 2.05 bits per heavy atom. The van der Waals surface area contributed by atoms with Gasteiger partial charge in [-0.05, 0) is 19.1 Å². The zero-order valence-corrected chi connectivity index (χ0v) is 13.1. The van der Waals surface area contributed by atoms with E-state index in [1.807, 2.05) is 0 Å². The number of halogens is 2. The van der Waals surface area contributed by atoms with Crippen molar-refractivity contribution in [2.45, 2.75) is 17.7 Å². The summed E-state index contributed by atoms with van der Waals surface area (Å²) >= 11 is 11.7. The number of amides is 1. The predicted octanol–water partition coefficient (Wildman–Crippen LogP) is 2.76. The molecule has 1 aromatic carbocycles. The molecule has 1 N–H and O–H groups in total. The van der Waals surface area contributed by atoms with Gasteiger partial charge in [0, 0.05) is 18.2 Å². The fourth-order valence-corrected chi connectivity index (χ4v) is 2.50. The molecule has 1 aliphatic carbocycles. The van der Waals surface area contributed by atoms with Crippen molar-refractivity contribution >= 4 is 40.8 Å². The second-order valence-corrected chi connectivity index (χ2v) is 6.55. The first-order valence-electron chi connectivity index (χ1n) is 6.27. The Balaban J connectivity index is 1.84. The lowest BCUT2D eigenvalue weighted by atomic mass is 10.1. The molecule has 1 aromatic rings. The number of methoxy groups -OCH3 is 1. The summed E-state index contributed by atoms with van der Waals surface area (Å²) < 4.78 is 8.88. The van der Waals surface area contributed by atoms with Gasteiger partial charge in [-0.1, -0.05) is 6.07 Å². The molecule has 1 fully saturated rings. The molecule has 0 spiro atoms. The third-order valence-corrected chi connectivity index (χ3v) is 4.50. The minimum atomic E-state index is -1.10. The number of nitrogens with one attached hydrogen (secondary N) is 1. The van der Waals surface area contributed by atoms with E-state index in [4.69, 9.17) is 32.7 Å². The van der Waals surface area contributed by atoms with Crippen molar-refractivity contribution in [2.75, 3.05) is 19.0 Å². The lowest BCUT2D eigenvalue weighted by molar-refractivity contribution is -0.152. The van der Waals surface area contributed by atoms with Gasteiger partial charge in [0.1, 0.15) is 15.5 Å². The minimum absolute atomic E-state index is 0.319. The fourth-order valence-electron chi connectivity index (χ4n) is 1.81. The predicted molar refractivity (Wildman–Crippen MR) is 79.7 cm³/mol. The average Bonchev–Trinajstić information content (AvgIpc) is 2.96. The van der Waals surface area contributed by atoms with Crippen molar-refractivity contribution < 1.29 is 19.1 Å². The zero-order chi connectivity index (χ0) is 15.7. The molecule has 0 heterocycles. The molecule has 21 heavy (non-hydrogen) atoms. The van der Waals surface area contributed by atoms with E-state index in [0.29, 0.717) is 17.9 Å². The van der Waals surface area contributed by atoms with Crippen molar-refractivity contribution in [3.05, 3.63) is 24.3 Å². The monoisotopic (exact) mass is 331 g/mol. The van der Waals surface area contributed by atoms with E-state index in [1.165, 1.54) is 7.11 Å². The smallest absolute Gasteiger partial charge is 0.315 e. The molecule has 5 nitrogen and oxygen atoms in total. The molecule has 1 saturated carbocycles. The highest BCUT2D eigenvalue weighted by atomic mass is 35.5. The number of anilines is 1. The van der Waals surface area contributed by atoms with Crippen LogP contribution in [0, 0.1) is 5.41 Å². The summed E-state index contributed by atoms with van der Waals surface area (Å²) in [4.78, 5) is 23.5. The molecule has 0 bridgehead atoms. The van der Waals surface area contributed by atoms with Gasteiger partial charge in [0.15, 0.2) is 6.61 Å². The van der Waals surface area contributed by atoms with E-state index in [-0.39, 0.29) is 0 Å². The highest BCUT2D eigenvalue weighted by Crippen LogP contribution is 2.64. The van der Waals surface area contributed by atoms with Crippen molar-refractivity contribution in [2.24, 2.45) is 5.41 Å². The number of carbonyl (C=O) groups is 2. The second kappa shape index (κ2) is 5.73. The molecule has 1 aliphatic rings. The summed E-state index contributed by atoms with van der Waals surface area (Å²) in [6, 6.07) is 6.85. The fraction of sp³-hybridized carbons (Fsp3) is 0.429. The number of benzene rings is 1. The van der Waals surface area contributed by atoms with Crippen molar-refractivity contribution in [1.29, 1.82) is 0 Å².